The molecule has 5 rings (SSSR count). The Hall–Kier alpha value is -2.89. The summed E-state index contributed by atoms with van der Waals surface area (Å²) in [5, 5.41) is 5.94. The number of imidazole rings is 1. The third-order valence-electron chi connectivity index (χ3n) is 5.54. The molecule has 2 aliphatic carbocycles. The minimum absolute atomic E-state index is 0.0490. The average molecular weight is 347 g/mol. The van der Waals surface area contributed by atoms with Gasteiger partial charge < -0.3 is 5.32 Å². The molecule has 26 heavy (non-hydrogen) atoms. The zero-order chi connectivity index (χ0) is 17.8. The van der Waals surface area contributed by atoms with E-state index in [0.29, 0.717) is 12.0 Å². The highest BCUT2D eigenvalue weighted by molar-refractivity contribution is 5.78. The van der Waals surface area contributed by atoms with E-state index in [1.54, 1.807) is 0 Å². The van der Waals surface area contributed by atoms with Gasteiger partial charge in [-0.25, -0.2) is 14.8 Å². The smallest absolute Gasteiger partial charge is 0.329 e. The number of hydrogen-bond acceptors (Lipinski definition) is 4. The Morgan fingerprint density at radius 2 is 1.73 bits per heavy atom. The molecule has 1 N–H and O–H groups in total. The molecule has 3 aromatic rings. The van der Waals surface area contributed by atoms with E-state index >= 15 is 0 Å². The molecule has 0 aliphatic heterocycles. The monoisotopic (exact) mass is 347 g/mol. The lowest BCUT2D eigenvalue weighted by atomic mass is 9.86. The van der Waals surface area contributed by atoms with Crippen LogP contribution in [0.25, 0.3) is 24.1 Å². The Bertz CT molecular complexity index is 1150. The summed E-state index contributed by atoms with van der Waals surface area (Å²) in [4.78, 5) is 21.7. The number of nitrogens with one attached hydrogen (secondary N) is 1. The highest BCUT2D eigenvalue weighted by Crippen LogP contribution is 2.34. The van der Waals surface area contributed by atoms with Gasteiger partial charge in [-0.05, 0) is 31.7 Å². The van der Waals surface area contributed by atoms with Crippen LogP contribution in [0.5, 0.6) is 0 Å². The normalized spacial score (nSPS) is 22.3. The topological polar surface area (TPSA) is 64.7 Å². The first-order valence-electron chi connectivity index (χ1n) is 9.11. The van der Waals surface area contributed by atoms with Gasteiger partial charge in [0.05, 0.1) is 16.2 Å². The van der Waals surface area contributed by atoms with E-state index in [-0.39, 0.29) is 17.8 Å². The third kappa shape index (κ3) is 2.36. The van der Waals surface area contributed by atoms with Crippen molar-refractivity contribution in [3.8, 4) is 0 Å². The highest BCUT2D eigenvalue weighted by atomic mass is 16.2. The Balaban J connectivity index is 1.33. The molecule has 2 aromatic heterocycles. The zero-order valence-electron chi connectivity index (χ0n) is 14.6. The minimum Gasteiger partial charge on any atom is -0.351 e. The molecule has 0 bridgehead atoms. The maximum Gasteiger partial charge on any atom is 0.329 e. The average Bonchev–Trinajstić information content (AvgIpc) is 3.41. The van der Waals surface area contributed by atoms with Crippen LogP contribution < -0.4 is 21.7 Å². The van der Waals surface area contributed by atoms with Crippen molar-refractivity contribution in [3.63, 3.8) is 0 Å². The van der Waals surface area contributed by atoms with Gasteiger partial charge in [-0.1, -0.05) is 31.4 Å². The second-order valence-corrected chi connectivity index (χ2v) is 7.37. The van der Waals surface area contributed by atoms with Crippen LogP contribution >= 0.6 is 0 Å². The fraction of sp³-hybridized carbons (Fsp3) is 0.350. The van der Waals surface area contributed by atoms with E-state index < -0.39 is 0 Å². The molecule has 0 saturated heterocycles. The van der Waals surface area contributed by atoms with Crippen LogP contribution in [0.15, 0.2) is 35.3 Å². The molecule has 132 valence electrons. The van der Waals surface area contributed by atoms with Crippen LogP contribution in [0.3, 0.4) is 0 Å². The van der Waals surface area contributed by atoms with Gasteiger partial charge in [-0.15, -0.1) is 0 Å². The van der Waals surface area contributed by atoms with Crippen molar-refractivity contribution in [1.82, 2.24) is 19.1 Å². The van der Waals surface area contributed by atoms with Gasteiger partial charge >= 0.3 is 5.69 Å². The number of anilines is 1. The van der Waals surface area contributed by atoms with Crippen molar-refractivity contribution in [2.24, 2.45) is 0 Å². The number of nitrogens with zero attached hydrogens (tertiary/aromatic N) is 4. The lowest BCUT2D eigenvalue weighted by Crippen LogP contribution is -2.44. The SMILES string of the molecule is C=c1c(=C)n(C2CC(Nc3ncc4ccccc4n3)C2)c(=O)n1C1CC1. The molecule has 0 atom stereocenters. The van der Waals surface area contributed by atoms with E-state index in [2.05, 4.69) is 28.4 Å². The van der Waals surface area contributed by atoms with Gasteiger partial charge in [-0.2, -0.15) is 0 Å². The van der Waals surface area contributed by atoms with Crippen molar-refractivity contribution in [1.29, 1.82) is 0 Å². The molecule has 2 aliphatic rings. The van der Waals surface area contributed by atoms with Crippen LogP contribution in [0.4, 0.5) is 5.95 Å². The Labute approximate surface area is 150 Å². The number of benzene rings is 1. The van der Waals surface area contributed by atoms with Gasteiger partial charge in [0.1, 0.15) is 0 Å². The summed E-state index contributed by atoms with van der Waals surface area (Å²) in [5.74, 6) is 0.641. The first-order chi connectivity index (χ1) is 12.6. The van der Waals surface area contributed by atoms with Crippen LogP contribution in [0.2, 0.25) is 0 Å². The molecule has 0 radical (unpaired) electrons. The van der Waals surface area contributed by atoms with Crippen LogP contribution in [-0.4, -0.2) is 25.1 Å². The van der Waals surface area contributed by atoms with Crippen molar-refractivity contribution in [2.45, 2.75) is 43.8 Å². The predicted octanol–water partition coefficient (Wildman–Crippen LogP) is 1.56. The molecule has 0 spiro atoms. The summed E-state index contributed by atoms with van der Waals surface area (Å²) in [7, 11) is 0. The van der Waals surface area contributed by atoms with Crippen LogP contribution in [0, 0.1) is 0 Å². The lowest BCUT2D eigenvalue weighted by molar-refractivity contribution is 0.270. The predicted molar refractivity (Wildman–Crippen MR) is 102 cm³/mol. The summed E-state index contributed by atoms with van der Waals surface area (Å²) >= 11 is 0. The fourth-order valence-corrected chi connectivity index (χ4v) is 3.85. The van der Waals surface area contributed by atoms with E-state index in [0.717, 1.165) is 47.3 Å². The zero-order valence-corrected chi connectivity index (χ0v) is 14.6. The lowest BCUT2D eigenvalue weighted by Gasteiger charge is -2.36. The Kier molecular flexibility index (Phi) is 3.29. The number of rotatable bonds is 4. The first-order valence-corrected chi connectivity index (χ1v) is 9.11. The molecule has 2 heterocycles. The summed E-state index contributed by atoms with van der Waals surface area (Å²) in [6.45, 7) is 8.16. The van der Waals surface area contributed by atoms with Crippen LogP contribution in [0.1, 0.15) is 37.8 Å². The summed E-state index contributed by atoms with van der Waals surface area (Å²) in [5.41, 5.74) is 0.980. The van der Waals surface area contributed by atoms with Crippen LogP contribution in [-0.2, 0) is 0 Å². The summed E-state index contributed by atoms with van der Waals surface area (Å²) in [6, 6.07) is 8.71. The number of para-hydroxylation sites is 1. The first kappa shape index (κ1) is 15.4. The van der Waals surface area contributed by atoms with Gasteiger partial charge in [0, 0.05) is 29.7 Å². The van der Waals surface area contributed by atoms with Crippen molar-refractivity contribution in [3.05, 3.63) is 51.6 Å². The largest absolute Gasteiger partial charge is 0.351 e. The second kappa shape index (κ2) is 5.56. The molecular weight excluding hydrogens is 326 g/mol. The van der Waals surface area contributed by atoms with Gasteiger partial charge in [0.25, 0.3) is 0 Å². The van der Waals surface area contributed by atoms with Crippen molar-refractivity contribution in [2.75, 3.05) is 5.32 Å². The van der Waals surface area contributed by atoms with Gasteiger partial charge in [-0.3, -0.25) is 9.13 Å². The summed E-state index contributed by atoms with van der Waals surface area (Å²) < 4.78 is 3.66. The molecule has 6 nitrogen and oxygen atoms in total. The highest BCUT2D eigenvalue weighted by Gasteiger charge is 2.35. The Morgan fingerprint density at radius 3 is 2.46 bits per heavy atom. The number of hydrogen-bond donors (Lipinski definition) is 1. The molecule has 6 heteroatoms. The number of aromatic nitrogens is 4. The van der Waals surface area contributed by atoms with Gasteiger partial charge in [0.15, 0.2) is 0 Å². The molecule has 2 fully saturated rings. The summed E-state index contributed by atoms with van der Waals surface area (Å²) in [6.07, 6.45) is 5.71. The molecule has 2 saturated carbocycles. The van der Waals surface area contributed by atoms with Crippen molar-refractivity contribution < 1.29 is 0 Å². The number of fused-ring (bicyclic) bond motifs is 1. The van der Waals surface area contributed by atoms with Gasteiger partial charge in [0.2, 0.25) is 5.95 Å². The Morgan fingerprint density at radius 1 is 1.04 bits per heavy atom. The standard InChI is InChI=1S/C20H21N5O/c1-12-13(2)25(20(26)24(12)16-7-8-16)17-9-15(10-17)22-19-21-11-14-5-3-4-6-18(14)23-19/h3-6,11,15-17H,1-2,7-10H2,(H,21,22,23). The van der Waals surface area contributed by atoms with E-state index in [1.165, 1.54) is 0 Å². The van der Waals surface area contributed by atoms with E-state index in [9.17, 15) is 4.79 Å². The quantitative estimate of drug-likeness (QED) is 0.778. The fourth-order valence-electron chi connectivity index (χ4n) is 3.85. The molecule has 1 aromatic carbocycles. The molecular formula is C20H21N5O. The van der Waals surface area contributed by atoms with E-state index in [4.69, 9.17) is 0 Å². The molecule has 0 amide bonds. The second-order valence-electron chi connectivity index (χ2n) is 7.37. The van der Waals surface area contributed by atoms with Crippen molar-refractivity contribution >= 4 is 30.0 Å². The minimum atomic E-state index is 0.0490. The van der Waals surface area contributed by atoms with E-state index in [1.807, 2.05) is 39.6 Å². The third-order valence-corrected chi connectivity index (χ3v) is 5.54. The maximum atomic E-state index is 12.7. The molecule has 0 unspecified atom stereocenters. The maximum absolute atomic E-state index is 12.7.